The van der Waals surface area contributed by atoms with Crippen LogP contribution in [0.3, 0.4) is 0 Å². The molecule has 0 aromatic carbocycles. The molecule has 0 spiro atoms. The van der Waals surface area contributed by atoms with Gasteiger partial charge in [0.15, 0.2) is 0 Å². The van der Waals surface area contributed by atoms with E-state index >= 15 is 0 Å². The van der Waals surface area contributed by atoms with Gasteiger partial charge in [-0.15, -0.1) is 0 Å². The van der Waals surface area contributed by atoms with E-state index in [2.05, 4.69) is 62.3 Å². The average molecular weight is 270 g/mol. The fraction of sp³-hybridized carbons (Fsp3) is 1.00. The summed E-state index contributed by atoms with van der Waals surface area (Å²) in [5.41, 5.74) is 0. The van der Waals surface area contributed by atoms with Gasteiger partial charge in [0.1, 0.15) is 0 Å². The molecule has 0 atom stereocenters. The van der Waals surface area contributed by atoms with E-state index < -0.39 is 14.1 Å². The smallest absolute Gasteiger partial charge is 0.0915 e. The number of hydrogen-bond acceptors (Lipinski definition) is 0. The van der Waals surface area contributed by atoms with Crippen molar-refractivity contribution in [3.05, 3.63) is 0 Å². The highest BCUT2D eigenvalue weighted by Crippen LogP contribution is 2.20. The third-order valence-electron chi connectivity index (χ3n) is 3.23. The molecule has 18 heavy (non-hydrogen) atoms. The molecule has 0 rings (SSSR count). The van der Waals surface area contributed by atoms with Crippen molar-refractivity contribution in [1.29, 1.82) is 0 Å². The van der Waals surface area contributed by atoms with Crippen LogP contribution in [0.1, 0.15) is 68.7 Å². The molecule has 0 heterocycles. The molecular formula is C17H39Al. The Morgan fingerprint density at radius 3 is 0.889 bits per heavy atom. The molecule has 0 N–H and O–H groups in total. The topological polar surface area (TPSA) is 0 Å². The molecule has 0 saturated heterocycles. The summed E-state index contributed by atoms with van der Waals surface area (Å²) >= 11 is -0.407. The van der Waals surface area contributed by atoms with Gasteiger partial charge < -0.3 is 0 Å². The second-order valence-corrected chi connectivity index (χ2v) is 10.7. The molecule has 0 amide bonds. The van der Waals surface area contributed by atoms with E-state index in [-0.39, 0.29) is 0 Å². The van der Waals surface area contributed by atoms with Crippen LogP contribution in [-0.4, -0.2) is 14.1 Å². The minimum absolute atomic E-state index is 0.407. The van der Waals surface area contributed by atoms with E-state index in [0.717, 1.165) is 23.7 Å². The molecule has 110 valence electrons. The molecule has 1 heteroatoms. The van der Waals surface area contributed by atoms with Crippen LogP contribution in [0, 0.1) is 23.7 Å². The lowest BCUT2D eigenvalue weighted by atomic mass is 10.2. The minimum atomic E-state index is -0.407. The summed E-state index contributed by atoms with van der Waals surface area (Å²) in [4.78, 5) is 0. The molecule has 0 bridgehead atoms. The van der Waals surface area contributed by atoms with Crippen molar-refractivity contribution >= 4 is 14.1 Å². The summed E-state index contributed by atoms with van der Waals surface area (Å²) < 4.78 is 0. The first-order valence-electron chi connectivity index (χ1n) is 8.18. The molecule has 0 unspecified atom stereocenters. The van der Waals surface area contributed by atoms with Crippen molar-refractivity contribution in [2.45, 2.75) is 84.6 Å². The Kier molecular flexibility index (Phi) is 14.5. The van der Waals surface area contributed by atoms with Crippen LogP contribution in [0.5, 0.6) is 0 Å². The summed E-state index contributed by atoms with van der Waals surface area (Å²) in [6, 6.07) is 0. The van der Waals surface area contributed by atoms with Crippen LogP contribution in [-0.2, 0) is 0 Å². The second-order valence-electron chi connectivity index (χ2n) is 7.56. The molecule has 0 fully saturated rings. The number of rotatable bonds is 7. The molecule has 0 aliphatic heterocycles. The molecule has 0 radical (unpaired) electrons. The number of hydrogen-bond donors (Lipinski definition) is 0. The Morgan fingerprint density at radius 1 is 0.556 bits per heavy atom. The maximum absolute atomic E-state index is 2.38. The largest absolute Gasteiger partial charge is 0.262 e. The van der Waals surface area contributed by atoms with E-state index in [1.165, 1.54) is 6.42 Å². The van der Waals surface area contributed by atoms with E-state index in [1.54, 1.807) is 15.8 Å². The van der Waals surface area contributed by atoms with Crippen molar-refractivity contribution in [2.24, 2.45) is 23.7 Å². The van der Waals surface area contributed by atoms with Crippen LogP contribution in [0.15, 0.2) is 0 Å². The predicted octanol–water partition coefficient (Wildman–Crippen LogP) is 6.50. The van der Waals surface area contributed by atoms with Crippen LogP contribution in [0.2, 0.25) is 15.8 Å². The zero-order chi connectivity index (χ0) is 14.7. The Bertz CT molecular complexity index is 135. The maximum Gasteiger partial charge on any atom is 0.262 e. The van der Waals surface area contributed by atoms with Crippen molar-refractivity contribution in [3.63, 3.8) is 0 Å². The fourth-order valence-corrected chi connectivity index (χ4v) is 6.87. The first-order valence-corrected chi connectivity index (χ1v) is 10.6. The van der Waals surface area contributed by atoms with Crippen molar-refractivity contribution < 1.29 is 0 Å². The highest BCUT2D eigenvalue weighted by atomic mass is 27.2. The normalized spacial score (nSPS) is 11.2. The Morgan fingerprint density at radius 2 is 0.778 bits per heavy atom. The fourth-order valence-electron chi connectivity index (χ4n) is 2.29. The van der Waals surface area contributed by atoms with Gasteiger partial charge in [-0.25, -0.2) is 0 Å². The van der Waals surface area contributed by atoms with Gasteiger partial charge in [-0.1, -0.05) is 102 Å². The monoisotopic (exact) mass is 270 g/mol. The van der Waals surface area contributed by atoms with E-state index in [1.807, 2.05) is 0 Å². The van der Waals surface area contributed by atoms with Gasteiger partial charge in [0, 0.05) is 0 Å². The van der Waals surface area contributed by atoms with Gasteiger partial charge in [-0.3, -0.25) is 0 Å². The van der Waals surface area contributed by atoms with Crippen LogP contribution in [0.4, 0.5) is 0 Å². The quantitative estimate of drug-likeness (QED) is 0.463. The SMILES string of the molecule is CC(C)[CH2][Al]([CH2]C(C)C)[CH2]C(C)C.CCC(C)C. The van der Waals surface area contributed by atoms with Crippen molar-refractivity contribution in [2.75, 3.05) is 0 Å². The molecule has 0 aromatic rings. The van der Waals surface area contributed by atoms with Gasteiger partial charge >= 0.3 is 0 Å². The molecule has 0 saturated carbocycles. The molecule has 0 aliphatic carbocycles. The third kappa shape index (κ3) is 18.9. The highest BCUT2D eigenvalue weighted by Gasteiger charge is 2.20. The zero-order valence-electron chi connectivity index (χ0n) is 14.7. The van der Waals surface area contributed by atoms with Crippen LogP contribution in [0.25, 0.3) is 0 Å². The Labute approximate surface area is 122 Å². The van der Waals surface area contributed by atoms with Gasteiger partial charge in [0.2, 0.25) is 0 Å². The Balaban J connectivity index is 0. The molecule has 0 aromatic heterocycles. The summed E-state index contributed by atoms with van der Waals surface area (Å²) in [7, 11) is 0. The highest BCUT2D eigenvalue weighted by molar-refractivity contribution is 6.58. The van der Waals surface area contributed by atoms with Crippen molar-refractivity contribution in [1.82, 2.24) is 0 Å². The first kappa shape index (κ1) is 20.8. The standard InChI is InChI=1S/C5H12.3C4H9.Al/c1-4-5(2)3;3*1-4(2)3;/h5H,4H2,1-3H3;3*4H,1H2,2-3H3;. The van der Waals surface area contributed by atoms with E-state index in [0.29, 0.717) is 0 Å². The summed E-state index contributed by atoms with van der Waals surface area (Å²) in [6.07, 6.45) is 1.31. The van der Waals surface area contributed by atoms with Crippen LogP contribution < -0.4 is 0 Å². The third-order valence-corrected chi connectivity index (χ3v) is 8.06. The lowest BCUT2D eigenvalue weighted by Gasteiger charge is -2.17. The van der Waals surface area contributed by atoms with Crippen LogP contribution >= 0.6 is 0 Å². The molecule has 0 nitrogen and oxygen atoms in total. The van der Waals surface area contributed by atoms with E-state index in [4.69, 9.17) is 0 Å². The van der Waals surface area contributed by atoms with Gasteiger partial charge in [-0.05, 0) is 5.92 Å². The van der Waals surface area contributed by atoms with Gasteiger partial charge in [0.25, 0.3) is 14.1 Å². The molecule has 0 aliphatic rings. The minimum Gasteiger partial charge on any atom is -0.0915 e. The van der Waals surface area contributed by atoms with Crippen molar-refractivity contribution in [3.8, 4) is 0 Å². The lowest BCUT2D eigenvalue weighted by molar-refractivity contribution is 0.626. The predicted molar refractivity (Wildman–Crippen MR) is 89.8 cm³/mol. The average Bonchev–Trinajstić information content (AvgIpc) is 2.14. The molecular weight excluding hydrogens is 231 g/mol. The Hall–Kier alpha value is 0.532. The van der Waals surface area contributed by atoms with Gasteiger partial charge in [0.05, 0.1) is 0 Å². The zero-order valence-corrected chi connectivity index (χ0v) is 15.9. The first-order chi connectivity index (χ1) is 8.18. The summed E-state index contributed by atoms with van der Waals surface area (Å²) in [5.74, 6) is 3.66. The maximum atomic E-state index is 2.38. The second kappa shape index (κ2) is 12.6. The summed E-state index contributed by atoms with van der Waals surface area (Å²) in [6.45, 7) is 20.9. The van der Waals surface area contributed by atoms with E-state index in [9.17, 15) is 0 Å². The van der Waals surface area contributed by atoms with Gasteiger partial charge in [-0.2, -0.15) is 0 Å². The summed E-state index contributed by atoms with van der Waals surface area (Å²) in [5, 5.41) is 4.66. The lowest BCUT2D eigenvalue weighted by Crippen LogP contribution is -2.19.